The van der Waals surface area contributed by atoms with Gasteiger partial charge in [-0.05, 0) is 25.1 Å². The van der Waals surface area contributed by atoms with Gasteiger partial charge >= 0.3 is 0 Å². The van der Waals surface area contributed by atoms with Gasteiger partial charge in [-0.2, -0.15) is 0 Å². The van der Waals surface area contributed by atoms with Crippen LogP contribution in [0.4, 0.5) is 0 Å². The number of thioether (sulfide) groups is 1. The SMILES string of the molecule is COc1ccc(Br)cc1CSc1nnc(C)n1CCN. The molecule has 7 heteroatoms. The van der Waals surface area contributed by atoms with Crippen molar-refractivity contribution in [2.45, 2.75) is 24.4 Å². The summed E-state index contributed by atoms with van der Waals surface area (Å²) in [5, 5.41) is 9.18. The minimum absolute atomic E-state index is 0.576. The summed E-state index contributed by atoms with van der Waals surface area (Å²) in [4.78, 5) is 0. The number of hydrogen-bond acceptors (Lipinski definition) is 5. The summed E-state index contributed by atoms with van der Waals surface area (Å²) < 4.78 is 8.45. The third-order valence-corrected chi connectivity index (χ3v) is 4.36. The van der Waals surface area contributed by atoms with E-state index < -0.39 is 0 Å². The average molecular weight is 357 g/mol. The van der Waals surface area contributed by atoms with Crippen LogP contribution in [0.5, 0.6) is 5.75 Å². The molecule has 2 N–H and O–H groups in total. The Morgan fingerprint density at radius 1 is 1.40 bits per heavy atom. The Morgan fingerprint density at radius 2 is 2.20 bits per heavy atom. The molecule has 0 aliphatic carbocycles. The largest absolute Gasteiger partial charge is 0.496 e. The molecule has 2 aromatic rings. The predicted octanol–water partition coefficient (Wildman–Crippen LogP) is 2.61. The lowest BCUT2D eigenvalue weighted by molar-refractivity contribution is 0.411. The first-order valence-electron chi connectivity index (χ1n) is 6.20. The van der Waals surface area contributed by atoms with Crippen molar-refractivity contribution >= 4 is 27.7 Å². The quantitative estimate of drug-likeness (QED) is 0.805. The van der Waals surface area contributed by atoms with Gasteiger partial charge in [0, 0.05) is 28.9 Å². The highest BCUT2D eigenvalue weighted by Gasteiger charge is 2.11. The van der Waals surface area contributed by atoms with Crippen LogP contribution in [-0.4, -0.2) is 28.4 Å². The molecule has 5 nitrogen and oxygen atoms in total. The van der Waals surface area contributed by atoms with Gasteiger partial charge in [0.2, 0.25) is 0 Å². The van der Waals surface area contributed by atoms with Crippen LogP contribution in [0, 0.1) is 6.92 Å². The number of aromatic nitrogens is 3. The fourth-order valence-electron chi connectivity index (χ4n) is 1.86. The molecule has 0 spiro atoms. The topological polar surface area (TPSA) is 66.0 Å². The molecule has 0 aliphatic heterocycles. The Balaban J connectivity index is 2.14. The van der Waals surface area contributed by atoms with E-state index in [1.54, 1.807) is 18.9 Å². The molecule has 0 atom stereocenters. The maximum atomic E-state index is 5.62. The van der Waals surface area contributed by atoms with Crippen molar-refractivity contribution in [2.75, 3.05) is 13.7 Å². The lowest BCUT2D eigenvalue weighted by Gasteiger charge is -2.09. The summed E-state index contributed by atoms with van der Waals surface area (Å²) in [5.74, 6) is 2.53. The number of rotatable bonds is 6. The maximum Gasteiger partial charge on any atom is 0.191 e. The van der Waals surface area contributed by atoms with Gasteiger partial charge in [0.1, 0.15) is 11.6 Å². The summed E-state index contributed by atoms with van der Waals surface area (Å²) in [5.41, 5.74) is 6.74. The number of methoxy groups -OCH3 is 1. The molecule has 1 aromatic carbocycles. The van der Waals surface area contributed by atoms with Gasteiger partial charge in [-0.25, -0.2) is 0 Å². The van der Waals surface area contributed by atoms with Crippen molar-refractivity contribution in [1.82, 2.24) is 14.8 Å². The maximum absolute atomic E-state index is 5.62. The van der Waals surface area contributed by atoms with Gasteiger partial charge in [-0.15, -0.1) is 10.2 Å². The molecule has 0 amide bonds. The van der Waals surface area contributed by atoms with Crippen LogP contribution in [0.15, 0.2) is 27.8 Å². The summed E-state index contributed by atoms with van der Waals surface area (Å²) >= 11 is 5.11. The molecule has 20 heavy (non-hydrogen) atoms. The van der Waals surface area contributed by atoms with Crippen LogP contribution in [0.25, 0.3) is 0 Å². The van der Waals surface area contributed by atoms with Crippen molar-refractivity contribution in [3.05, 3.63) is 34.1 Å². The highest BCUT2D eigenvalue weighted by molar-refractivity contribution is 9.10. The molecule has 0 unspecified atom stereocenters. The summed E-state index contributed by atoms with van der Waals surface area (Å²) in [6, 6.07) is 5.98. The number of benzene rings is 1. The number of nitrogens with zero attached hydrogens (tertiary/aromatic N) is 3. The van der Waals surface area contributed by atoms with Gasteiger partial charge in [0.15, 0.2) is 5.16 Å². The van der Waals surface area contributed by atoms with Gasteiger partial charge < -0.3 is 15.0 Å². The first kappa shape index (κ1) is 15.3. The van der Waals surface area contributed by atoms with E-state index in [1.807, 2.05) is 23.6 Å². The normalized spacial score (nSPS) is 10.8. The molecule has 0 bridgehead atoms. The van der Waals surface area contributed by atoms with Crippen LogP contribution in [-0.2, 0) is 12.3 Å². The molecule has 0 radical (unpaired) electrons. The second-order valence-corrected chi connectivity index (χ2v) is 6.07. The van der Waals surface area contributed by atoms with Crippen molar-refractivity contribution in [3.63, 3.8) is 0 Å². The van der Waals surface area contributed by atoms with Gasteiger partial charge in [-0.3, -0.25) is 0 Å². The highest BCUT2D eigenvalue weighted by Crippen LogP contribution is 2.29. The zero-order valence-corrected chi connectivity index (χ0v) is 13.9. The minimum atomic E-state index is 0.576. The second kappa shape index (κ2) is 7.10. The number of ether oxygens (including phenoxy) is 1. The molecular weight excluding hydrogens is 340 g/mol. The lowest BCUT2D eigenvalue weighted by Crippen LogP contribution is -2.12. The Morgan fingerprint density at radius 3 is 2.90 bits per heavy atom. The number of nitrogens with two attached hydrogens (primary N) is 1. The average Bonchev–Trinajstić information content (AvgIpc) is 2.78. The molecular formula is C13H17BrN4OS. The molecule has 0 saturated carbocycles. The minimum Gasteiger partial charge on any atom is -0.496 e. The Hall–Kier alpha value is -1.05. The summed E-state index contributed by atoms with van der Waals surface area (Å²) in [7, 11) is 1.68. The lowest BCUT2D eigenvalue weighted by atomic mass is 10.2. The first-order valence-corrected chi connectivity index (χ1v) is 7.98. The molecule has 108 valence electrons. The van der Waals surface area contributed by atoms with Gasteiger partial charge in [0.25, 0.3) is 0 Å². The highest BCUT2D eigenvalue weighted by atomic mass is 79.9. The molecule has 0 aliphatic rings. The van der Waals surface area contributed by atoms with E-state index in [9.17, 15) is 0 Å². The summed E-state index contributed by atoms with van der Waals surface area (Å²) in [6.07, 6.45) is 0. The van der Waals surface area contributed by atoms with E-state index in [4.69, 9.17) is 10.5 Å². The molecule has 0 saturated heterocycles. The standard InChI is InChI=1S/C13H17BrN4OS/c1-9-16-17-13(18(9)6-5-15)20-8-10-7-11(14)3-4-12(10)19-2/h3-4,7H,5-6,8,15H2,1-2H3. The monoisotopic (exact) mass is 356 g/mol. The number of aryl methyl sites for hydroxylation is 1. The van der Waals surface area contributed by atoms with Crippen LogP contribution < -0.4 is 10.5 Å². The van der Waals surface area contributed by atoms with E-state index >= 15 is 0 Å². The van der Waals surface area contributed by atoms with Crippen molar-refractivity contribution in [1.29, 1.82) is 0 Å². The van der Waals surface area contributed by atoms with Crippen molar-refractivity contribution in [3.8, 4) is 5.75 Å². The van der Waals surface area contributed by atoms with Gasteiger partial charge in [0.05, 0.1) is 7.11 Å². The van der Waals surface area contributed by atoms with E-state index in [2.05, 4.69) is 32.2 Å². The van der Waals surface area contributed by atoms with E-state index in [0.717, 1.165) is 39.1 Å². The number of halogens is 1. The zero-order chi connectivity index (χ0) is 14.5. The van der Waals surface area contributed by atoms with Crippen LogP contribution >= 0.6 is 27.7 Å². The predicted molar refractivity (Wildman–Crippen MR) is 84.1 cm³/mol. The third kappa shape index (κ3) is 3.53. The Kier molecular flexibility index (Phi) is 5.45. The first-order chi connectivity index (χ1) is 9.65. The zero-order valence-electron chi connectivity index (χ0n) is 11.5. The van der Waals surface area contributed by atoms with E-state index in [-0.39, 0.29) is 0 Å². The van der Waals surface area contributed by atoms with E-state index in [0.29, 0.717) is 6.54 Å². The second-order valence-electron chi connectivity index (χ2n) is 4.21. The molecule has 0 fully saturated rings. The summed E-state index contributed by atoms with van der Waals surface area (Å²) in [6.45, 7) is 3.25. The van der Waals surface area contributed by atoms with Crippen LogP contribution in [0.2, 0.25) is 0 Å². The smallest absolute Gasteiger partial charge is 0.191 e. The van der Waals surface area contributed by atoms with E-state index in [1.165, 1.54) is 0 Å². The molecule has 1 aromatic heterocycles. The fourth-order valence-corrected chi connectivity index (χ4v) is 3.25. The Labute approximate surface area is 131 Å². The van der Waals surface area contributed by atoms with Crippen LogP contribution in [0.1, 0.15) is 11.4 Å². The van der Waals surface area contributed by atoms with Gasteiger partial charge in [-0.1, -0.05) is 27.7 Å². The van der Waals surface area contributed by atoms with Crippen LogP contribution in [0.3, 0.4) is 0 Å². The number of hydrogen-bond donors (Lipinski definition) is 1. The van der Waals surface area contributed by atoms with Crippen molar-refractivity contribution < 1.29 is 4.74 Å². The molecule has 1 heterocycles. The third-order valence-electron chi connectivity index (χ3n) is 2.85. The molecule has 2 rings (SSSR count). The fraction of sp³-hybridized carbons (Fsp3) is 0.385. The Bertz CT molecular complexity index is 588. The van der Waals surface area contributed by atoms with Crippen molar-refractivity contribution in [2.24, 2.45) is 5.73 Å².